The average molecular weight is 742 g/mol. The predicted molar refractivity (Wildman–Crippen MR) is 202 cm³/mol. The van der Waals surface area contributed by atoms with Crippen LogP contribution in [0.5, 0.6) is 11.8 Å². The van der Waals surface area contributed by atoms with Crippen LogP contribution in [0.2, 0.25) is 10.0 Å². The lowest BCUT2D eigenvalue weighted by molar-refractivity contribution is -0.120. The Labute approximate surface area is 313 Å². The summed E-state index contributed by atoms with van der Waals surface area (Å²) < 4.78 is 11.7. The molecule has 0 bridgehead atoms. The number of aryl methyl sites for hydroxylation is 1. The molecule has 4 aromatic rings. The minimum atomic E-state index is 0.0984. The van der Waals surface area contributed by atoms with Gasteiger partial charge < -0.3 is 25.4 Å². The largest absolute Gasteiger partial charge is 0.481 e. The zero-order valence-electron chi connectivity index (χ0n) is 29.4. The molecule has 0 saturated carbocycles. The molecule has 4 aliphatic rings. The second-order valence-electron chi connectivity index (χ2n) is 14.2. The second-order valence-corrected chi connectivity index (χ2v) is 14.9. The number of rotatable bonds is 10. The van der Waals surface area contributed by atoms with Crippen molar-refractivity contribution in [2.24, 2.45) is 0 Å². The van der Waals surface area contributed by atoms with E-state index in [2.05, 4.69) is 33.0 Å². The van der Waals surface area contributed by atoms with Crippen LogP contribution in [0.1, 0.15) is 60.4 Å². The maximum atomic E-state index is 11.8. The lowest BCUT2D eigenvalue weighted by Crippen LogP contribution is -2.41. The van der Waals surface area contributed by atoms with Gasteiger partial charge in [-0.25, -0.2) is 9.97 Å². The number of halogens is 2. The van der Waals surface area contributed by atoms with Crippen LogP contribution in [-0.2, 0) is 29.0 Å². The Morgan fingerprint density at radius 2 is 1.37 bits per heavy atom. The SMILES string of the molecule is COc1nc(-c2cccc(-c3cccc(-c4cc5c(c(OC)n4)C(NC[C@@H]4CCC(=O)N4)CC5)c3Cl)c2Cl)cc2c1CCN(CC1CCC(=O)N1)C2. The zero-order valence-corrected chi connectivity index (χ0v) is 30.9. The first kappa shape index (κ1) is 34.8. The predicted octanol–water partition coefficient (Wildman–Crippen LogP) is 6.29. The lowest BCUT2D eigenvalue weighted by Gasteiger charge is -2.31. The van der Waals surface area contributed by atoms with Gasteiger partial charge in [-0.1, -0.05) is 59.6 Å². The maximum absolute atomic E-state index is 11.8. The Morgan fingerprint density at radius 3 is 1.98 bits per heavy atom. The minimum absolute atomic E-state index is 0.0984. The summed E-state index contributed by atoms with van der Waals surface area (Å²) in [6, 6.07) is 16.5. The summed E-state index contributed by atoms with van der Waals surface area (Å²) in [7, 11) is 3.31. The summed E-state index contributed by atoms with van der Waals surface area (Å²) in [5, 5.41) is 10.9. The molecule has 3 N–H and O–H groups in total. The normalized spacial score (nSPS) is 21.1. The van der Waals surface area contributed by atoms with Crippen LogP contribution >= 0.6 is 23.2 Å². The number of carbonyl (C=O) groups is 2. The summed E-state index contributed by atoms with van der Waals surface area (Å²) in [5.41, 5.74) is 9.14. The van der Waals surface area contributed by atoms with Crippen LogP contribution in [-0.4, -0.2) is 72.6 Å². The molecule has 2 fully saturated rings. The van der Waals surface area contributed by atoms with E-state index in [4.69, 9.17) is 42.6 Å². The van der Waals surface area contributed by atoms with Gasteiger partial charge in [0.1, 0.15) is 0 Å². The van der Waals surface area contributed by atoms with Gasteiger partial charge in [-0.15, -0.1) is 0 Å². The summed E-state index contributed by atoms with van der Waals surface area (Å²) >= 11 is 14.5. The summed E-state index contributed by atoms with van der Waals surface area (Å²) in [5.74, 6) is 1.44. The highest BCUT2D eigenvalue weighted by atomic mass is 35.5. The molecule has 52 heavy (non-hydrogen) atoms. The molecule has 10 nitrogen and oxygen atoms in total. The van der Waals surface area contributed by atoms with E-state index >= 15 is 0 Å². The Kier molecular flexibility index (Phi) is 9.82. The number of aromatic nitrogens is 2. The third kappa shape index (κ3) is 6.73. The van der Waals surface area contributed by atoms with Crippen LogP contribution in [0.4, 0.5) is 0 Å². The van der Waals surface area contributed by atoms with E-state index in [1.165, 1.54) is 5.56 Å². The molecule has 1 aliphatic carbocycles. The molecular formula is C40H42Cl2N6O4. The molecule has 2 unspecified atom stereocenters. The minimum Gasteiger partial charge on any atom is -0.481 e. The fourth-order valence-corrected chi connectivity index (χ4v) is 8.93. The zero-order chi connectivity index (χ0) is 35.9. The van der Waals surface area contributed by atoms with Crippen LogP contribution < -0.4 is 25.4 Å². The average Bonchev–Trinajstić information content (AvgIpc) is 3.89. The number of amides is 2. The van der Waals surface area contributed by atoms with E-state index in [-0.39, 0.29) is 29.9 Å². The molecule has 0 radical (unpaired) electrons. The maximum Gasteiger partial charge on any atom is 0.220 e. The van der Waals surface area contributed by atoms with Crippen molar-refractivity contribution in [2.75, 3.05) is 33.9 Å². The third-order valence-electron chi connectivity index (χ3n) is 10.9. The number of nitrogens with zero attached hydrogens (tertiary/aromatic N) is 3. The first-order chi connectivity index (χ1) is 25.3. The summed E-state index contributed by atoms with van der Waals surface area (Å²) in [6.45, 7) is 3.15. The first-order valence-electron chi connectivity index (χ1n) is 18.1. The smallest absolute Gasteiger partial charge is 0.220 e. The summed E-state index contributed by atoms with van der Waals surface area (Å²) in [4.78, 5) is 35.8. The highest BCUT2D eigenvalue weighted by molar-refractivity contribution is 6.39. The molecule has 2 amide bonds. The number of carbonyl (C=O) groups excluding carboxylic acids is 2. The number of fused-ring (bicyclic) bond motifs is 2. The molecule has 2 aromatic carbocycles. The number of benzene rings is 2. The van der Waals surface area contributed by atoms with Gasteiger partial charge in [-0.05, 0) is 55.4 Å². The van der Waals surface area contributed by atoms with Crippen molar-refractivity contribution < 1.29 is 19.1 Å². The van der Waals surface area contributed by atoms with E-state index in [1.54, 1.807) is 14.2 Å². The van der Waals surface area contributed by atoms with Crippen molar-refractivity contribution in [2.45, 2.75) is 69.6 Å². The fourth-order valence-electron chi connectivity index (χ4n) is 8.28. The van der Waals surface area contributed by atoms with Crippen molar-refractivity contribution in [1.82, 2.24) is 30.8 Å². The van der Waals surface area contributed by atoms with Crippen molar-refractivity contribution in [3.8, 4) is 45.4 Å². The van der Waals surface area contributed by atoms with E-state index in [1.807, 2.05) is 36.4 Å². The molecule has 0 spiro atoms. The molecule has 3 aliphatic heterocycles. The Hall–Kier alpha value is -4.22. The number of nitrogens with one attached hydrogen (secondary N) is 3. The van der Waals surface area contributed by atoms with E-state index in [0.29, 0.717) is 41.2 Å². The van der Waals surface area contributed by atoms with E-state index in [9.17, 15) is 9.59 Å². The summed E-state index contributed by atoms with van der Waals surface area (Å²) in [6.07, 6.45) is 5.53. The highest BCUT2D eigenvalue weighted by Gasteiger charge is 2.31. The number of hydrogen-bond acceptors (Lipinski definition) is 8. The first-order valence-corrected chi connectivity index (χ1v) is 18.8. The van der Waals surface area contributed by atoms with Gasteiger partial charge in [0.25, 0.3) is 0 Å². The number of pyridine rings is 2. The van der Waals surface area contributed by atoms with Gasteiger partial charge in [0.15, 0.2) is 0 Å². The molecule has 12 heteroatoms. The molecule has 8 rings (SSSR count). The monoisotopic (exact) mass is 740 g/mol. The Morgan fingerprint density at radius 1 is 0.769 bits per heavy atom. The van der Waals surface area contributed by atoms with Crippen LogP contribution in [0, 0.1) is 0 Å². The van der Waals surface area contributed by atoms with Gasteiger partial charge in [0.2, 0.25) is 23.6 Å². The molecule has 3 atom stereocenters. The molecular weight excluding hydrogens is 699 g/mol. The quantitative estimate of drug-likeness (QED) is 0.174. The van der Waals surface area contributed by atoms with E-state index < -0.39 is 0 Å². The van der Waals surface area contributed by atoms with Gasteiger partial charge in [-0.2, -0.15) is 0 Å². The van der Waals surface area contributed by atoms with Crippen molar-refractivity contribution in [1.29, 1.82) is 0 Å². The molecule has 270 valence electrons. The van der Waals surface area contributed by atoms with Crippen molar-refractivity contribution >= 4 is 35.0 Å². The number of methoxy groups -OCH3 is 2. The van der Waals surface area contributed by atoms with Crippen molar-refractivity contribution in [3.05, 3.63) is 80.8 Å². The van der Waals surface area contributed by atoms with E-state index in [0.717, 1.165) is 102 Å². The Balaban J connectivity index is 1.08. The second kappa shape index (κ2) is 14.7. The van der Waals surface area contributed by atoms with Gasteiger partial charge >= 0.3 is 0 Å². The molecule has 2 aromatic heterocycles. The van der Waals surface area contributed by atoms with Gasteiger partial charge in [-0.3, -0.25) is 14.5 Å². The Bertz CT molecular complexity index is 2060. The third-order valence-corrected chi connectivity index (χ3v) is 11.7. The topological polar surface area (TPSA) is 118 Å². The van der Waals surface area contributed by atoms with Crippen molar-refractivity contribution in [3.63, 3.8) is 0 Å². The van der Waals surface area contributed by atoms with Gasteiger partial charge in [0, 0.05) is 90.5 Å². The molecule has 5 heterocycles. The van der Waals surface area contributed by atoms with Gasteiger partial charge in [0.05, 0.1) is 35.7 Å². The van der Waals surface area contributed by atoms with Crippen LogP contribution in [0.15, 0.2) is 48.5 Å². The standard InChI is InChI=1S/C40H42Cl2N6O4/c1-51-39-26-15-16-48(21-25-11-14-35(50)45-25)20-23(26)18-33(46-39)30-8-4-6-28(38(30)42)27-5-3-7-29(37(27)41)32-17-22-9-12-31(36(22)40(47-32)52-2)43-19-24-10-13-34(49)44-24/h3-8,17-18,24-25,31,43H,9-16,19-21H2,1-2H3,(H,44,49)(H,45,50)/t24-,25?,31?/m0/s1. The van der Waals surface area contributed by atoms with Crippen LogP contribution in [0.3, 0.4) is 0 Å². The number of hydrogen-bond donors (Lipinski definition) is 3. The van der Waals surface area contributed by atoms with Crippen LogP contribution in [0.25, 0.3) is 33.6 Å². The fraction of sp³-hybridized carbons (Fsp3) is 0.400. The number of ether oxygens (including phenoxy) is 2. The molecule has 2 saturated heterocycles. The highest BCUT2D eigenvalue weighted by Crippen LogP contribution is 2.45. The lowest BCUT2D eigenvalue weighted by atomic mass is 9.95.